The fourth-order valence-electron chi connectivity index (χ4n) is 3.80. The number of rotatable bonds is 6. The molecule has 0 bridgehead atoms. The van der Waals surface area contributed by atoms with Crippen molar-refractivity contribution in [1.82, 2.24) is 18.7 Å². The average Bonchev–Trinajstić information content (AvgIpc) is 3.51. The lowest BCUT2D eigenvalue weighted by Gasteiger charge is -2.11. The van der Waals surface area contributed by atoms with Crippen molar-refractivity contribution in [3.05, 3.63) is 73.8 Å². The van der Waals surface area contributed by atoms with Crippen molar-refractivity contribution < 1.29 is 0 Å². The van der Waals surface area contributed by atoms with Gasteiger partial charge >= 0.3 is 5.69 Å². The van der Waals surface area contributed by atoms with Gasteiger partial charge in [-0.05, 0) is 29.5 Å². The number of imidazole rings is 1. The van der Waals surface area contributed by atoms with Gasteiger partial charge < -0.3 is 4.57 Å². The van der Waals surface area contributed by atoms with Crippen LogP contribution < -0.4 is 11.2 Å². The molecule has 0 saturated carbocycles. The van der Waals surface area contributed by atoms with Gasteiger partial charge in [0.25, 0.3) is 5.56 Å². The molecule has 4 aromatic heterocycles. The first-order chi connectivity index (χ1) is 15.4. The highest BCUT2D eigenvalue weighted by atomic mass is 32.2. The van der Waals surface area contributed by atoms with E-state index in [4.69, 9.17) is 0 Å². The van der Waals surface area contributed by atoms with Crippen LogP contribution >= 0.6 is 34.4 Å². The fourth-order valence-corrected chi connectivity index (χ4v) is 7.17. The molecule has 0 fully saturated rings. The molecule has 5 rings (SSSR count). The summed E-state index contributed by atoms with van der Waals surface area (Å²) >= 11 is 4.80. The van der Waals surface area contributed by atoms with Gasteiger partial charge in [0.05, 0.1) is 33.5 Å². The first-order valence-corrected chi connectivity index (χ1v) is 12.8. The van der Waals surface area contributed by atoms with E-state index in [-0.39, 0.29) is 17.2 Å². The van der Waals surface area contributed by atoms with Crippen LogP contribution in [0.15, 0.2) is 66.8 Å². The molecule has 4 heterocycles. The van der Waals surface area contributed by atoms with Gasteiger partial charge in [0.15, 0.2) is 0 Å². The number of fused-ring (bicyclic) bond motifs is 2. The summed E-state index contributed by atoms with van der Waals surface area (Å²) in [5.74, 6) is 0.282. The lowest BCUT2D eigenvalue weighted by molar-refractivity contribution is 0.504. The number of nitrogens with zero attached hydrogens (tertiary/aromatic N) is 4. The van der Waals surface area contributed by atoms with Crippen LogP contribution in [0.25, 0.3) is 21.3 Å². The van der Waals surface area contributed by atoms with Crippen molar-refractivity contribution in [1.29, 1.82) is 0 Å². The first kappa shape index (κ1) is 21.2. The highest BCUT2D eigenvalue weighted by Crippen LogP contribution is 2.42. The molecule has 5 aromatic rings. The molecule has 9 heteroatoms. The standard InChI is InChI=1S/C23H22N4O2S3/c1-14(2)11-27-22-19(21(28)25(3)23(27)29)20(32-18-9-6-10-30-18)17(31-22)12-26-13-24-15-7-4-5-8-16(15)26/h4-10,13-14H,11-12H2,1-3H3. The average molecular weight is 483 g/mol. The van der Waals surface area contributed by atoms with Crippen molar-refractivity contribution in [2.75, 3.05) is 0 Å². The molecule has 0 amide bonds. The summed E-state index contributed by atoms with van der Waals surface area (Å²) in [6.45, 7) is 5.32. The zero-order valence-corrected chi connectivity index (χ0v) is 20.4. The number of benzene rings is 1. The maximum Gasteiger partial charge on any atom is 0.331 e. The summed E-state index contributed by atoms with van der Waals surface area (Å²) in [5.41, 5.74) is 1.49. The number of para-hydroxylation sites is 2. The van der Waals surface area contributed by atoms with Crippen LogP contribution in [0.4, 0.5) is 0 Å². The van der Waals surface area contributed by atoms with E-state index in [2.05, 4.69) is 35.5 Å². The van der Waals surface area contributed by atoms with Crippen molar-refractivity contribution in [2.24, 2.45) is 13.0 Å². The van der Waals surface area contributed by atoms with E-state index in [1.165, 1.54) is 4.57 Å². The monoisotopic (exact) mass is 482 g/mol. The molecule has 6 nitrogen and oxygen atoms in total. The van der Waals surface area contributed by atoms with Crippen molar-refractivity contribution in [2.45, 2.75) is 36.0 Å². The third-order valence-electron chi connectivity index (χ3n) is 5.28. The summed E-state index contributed by atoms with van der Waals surface area (Å²) in [4.78, 5) is 33.5. The molecule has 0 unspecified atom stereocenters. The number of aromatic nitrogens is 4. The van der Waals surface area contributed by atoms with E-state index in [0.29, 0.717) is 18.5 Å². The number of hydrogen-bond donors (Lipinski definition) is 0. The van der Waals surface area contributed by atoms with E-state index in [0.717, 1.165) is 29.8 Å². The molecule has 0 N–H and O–H groups in total. The fraction of sp³-hybridized carbons (Fsp3) is 0.261. The largest absolute Gasteiger partial charge is 0.331 e. The summed E-state index contributed by atoms with van der Waals surface area (Å²) in [6, 6.07) is 12.1. The molecule has 1 aromatic carbocycles. The lowest BCUT2D eigenvalue weighted by Crippen LogP contribution is -2.38. The maximum atomic E-state index is 13.3. The zero-order chi connectivity index (χ0) is 22.4. The Kier molecular flexibility index (Phi) is 5.56. The van der Waals surface area contributed by atoms with Gasteiger partial charge in [0.2, 0.25) is 0 Å². The van der Waals surface area contributed by atoms with Gasteiger partial charge in [-0.25, -0.2) is 9.78 Å². The Morgan fingerprint density at radius 1 is 1.12 bits per heavy atom. The van der Waals surface area contributed by atoms with Crippen LogP contribution in [-0.2, 0) is 20.1 Å². The molecule has 0 saturated heterocycles. The van der Waals surface area contributed by atoms with Gasteiger partial charge in [-0.3, -0.25) is 13.9 Å². The molecule has 0 spiro atoms. The Hall–Kier alpha value is -2.62. The maximum absolute atomic E-state index is 13.3. The predicted octanol–water partition coefficient (Wildman–Crippen LogP) is 5.03. The van der Waals surface area contributed by atoms with Gasteiger partial charge in [0.1, 0.15) is 4.83 Å². The van der Waals surface area contributed by atoms with E-state index in [9.17, 15) is 9.59 Å². The van der Waals surface area contributed by atoms with Crippen LogP contribution in [0, 0.1) is 5.92 Å². The lowest BCUT2D eigenvalue weighted by atomic mass is 10.2. The normalized spacial score (nSPS) is 11.9. The second-order valence-corrected chi connectivity index (χ2v) is 11.4. The minimum Gasteiger partial charge on any atom is -0.325 e. The molecule has 0 aliphatic carbocycles. The molecule has 0 radical (unpaired) electrons. The first-order valence-electron chi connectivity index (χ1n) is 10.3. The quantitative estimate of drug-likeness (QED) is 0.341. The molecule has 32 heavy (non-hydrogen) atoms. The Morgan fingerprint density at radius 2 is 1.94 bits per heavy atom. The van der Waals surface area contributed by atoms with E-state index >= 15 is 0 Å². The molecule has 0 aliphatic rings. The minimum atomic E-state index is -0.259. The molecule has 164 valence electrons. The minimum absolute atomic E-state index is 0.234. The third kappa shape index (κ3) is 3.64. The zero-order valence-electron chi connectivity index (χ0n) is 17.9. The second kappa shape index (κ2) is 8.38. The van der Waals surface area contributed by atoms with Crippen LogP contribution in [0.1, 0.15) is 18.7 Å². The van der Waals surface area contributed by atoms with Gasteiger partial charge in [-0.1, -0.05) is 43.8 Å². The summed E-state index contributed by atoms with van der Waals surface area (Å²) in [5, 5.41) is 2.67. The highest BCUT2D eigenvalue weighted by molar-refractivity contribution is 8.01. The van der Waals surface area contributed by atoms with Gasteiger partial charge in [0, 0.05) is 23.4 Å². The van der Waals surface area contributed by atoms with E-state index < -0.39 is 0 Å². The predicted molar refractivity (Wildman–Crippen MR) is 133 cm³/mol. The topological polar surface area (TPSA) is 61.8 Å². The summed E-state index contributed by atoms with van der Waals surface area (Å²) in [6.07, 6.45) is 1.84. The van der Waals surface area contributed by atoms with Crippen molar-refractivity contribution >= 4 is 55.7 Å². The van der Waals surface area contributed by atoms with Gasteiger partial charge in [-0.2, -0.15) is 0 Å². The van der Waals surface area contributed by atoms with Crippen LogP contribution in [0.5, 0.6) is 0 Å². The van der Waals surface area contributed by atoms with Crippen LogP contribution in [0.2, 0.25) is 0 Å². The Morgan fingerprint density at radius 3 is 2.69 bits per heavy atom. The molecular formula is C23H22N4O2S3. The SMILES string of the molecule is CC(C)Cn1c(=O)n(C)c(=O)c2c(Sc3cccs3)c(Cn3cnc4ccccc43)sc21. The van der Waals surface area contributed by atoms with Gasteiger partial charge in [-0.15, -0.1) is 22.7 Å². The molecule has 0 aliphatic heterocycles. The van der Waals surface area contributed by atoms with E-state index in [1.54, 1.807) is 46.1 Å². The second-order valence-electron chi connectivity index (χ2n) is 8.08. The highest BCUT2D eigenvalue weighted by Gasteiger charge is 2.23. The number of hydrogen-bond acceptors (Lipinski definition) is 6. The van der Waals surface area contributed by atoms with E-state index in [1.807, 2.05) is 36.0 Å². The molecular weight excluding hydrogens is 460 g/mol. The third-order valence-corrected chi connectivity index (χ3v) is 8.80. The van der Waals surface area contributed by atoms with Crippen LogP contribution in [-0.4, -0.2) is 18.7 Å². The van der Waals surface area contributed by atoms with Crippen molar-refractivity contribution in [3.63, 3.8) is 0 Å². The van der Waals surface area contributed by atoms with Crippen molar-refractivity contribution in [3.8, 4) is 0 Å². The smallest absolute Gasteiger partial charge is 0.325 e. The summed E-state index contributed by atoms with van der Waals surface area (Å²) in [7, 11) is 1.57. The van der Waals surface area contributed by atoms with Crippen LogP contribution in [0.3, 0.4) is 0 Å². The molecule has 0 atom stereocenters. The summed E-state index contributed by atoms with van der Waals surface area (Å²) < 4.78 is 6.23. The number of thiophene rings is 2. The Bertz CT molecular complexity index is 1540. The Balaban J connectivity index is 1.76. The Labute approximate surface area is 196 Å².